The van der Waals surface area contributed by atoms with Crippen LogP contribution >= 0.6 is 22.1 Å². The summed E-state index contributed by atoms with van der Waals surface area (Å²) >= 11 is 1.82. The van der Waals surface area contributed by atoms with Crippen molar-refractivity contribution in [2.45, 2.75) is 52.4 Å². The Labute approximate surface area is 141 Å². The molecular formula is C15H30O4S3. The number of unbranched alkanes of at least 4 members (excludes halogenated alkanes) is 3. The number of carbonyl (C=O) groups excluding carboxylic acids is 1. The fraction of sp³-hybridized carbons (Fsp3) is 0.933. The number of hydrogen-bond acceptors (Lipinski definition) is 5. The molecule has 0 aliphatic carbocycles. The molecule has 0 atom stereocenters. The molecular weight excluding hydrogens is 340 g/mol. The molecule has 1 aliphatic rings. The van der Waals surface area contributed by atoms with E-state index < -0.39 is 20.4 Å². The lowest BCUT2D eigenvalue weighted by atomic mass is 10.2. The van der Waals surface area contributed by atoms with Crippen molar-refractivity contribution < 1.29 is 16.8 Å². The molecule has 132 valence electrons. The van der Waals surface area contributed by atoms with Crippen molar-refractivity contribution in [3.05, 3.63) is 0 Å². The van der Waals surface area contributed by atoms with Crippen molar-refractivity contribution in [1.29, 1.82) is 0 Å². The standard InChI is InChI=1S/C15H30O4S3/c1-3-5-7-8-15(16)14-21(12-9-20-10-13-21)19-22(17,18)11-6-4-2/h3-14H2,1-2H3. The molecule has 1 rings (SSSR count). The van der Waals surface area contributed by atoms with E-state index in [4.69, 9.17) is 3.63 Å². The van der Waals surface area contributed by atoms with Gasteiger partial charge in [-0.1, -0.05) is 33.1 Å². The van der Waals surface area contributed by atoms with Crippen LogP contribution in [0.5, 0.6) is 0 Å². The maximum Gasteiger partial charge on any atom is 0.276 e. The Morgan fingerprint density at radius 3 is 2.32 bits per heavy atom. The van der Waals surface area contributed by atoms with Gasteiger partial charge in [0.2, 0.25) is 0 Å². The van der Waals surface area contributed by atoms with E-state index in [2.05, 4.69) is 6.92 Å². The lowest BCUT2D eigenvalue weighted by Crippen LogP contribution is -2.30. The van der Waals surface area contributed by atoms with Crippen molar-refractivity contribution in [3.63, 3.8) is 0 Å². The van der Waals surface area contributed by atoms with Crippen molar-refractivity contribution in [3.8, 4) is 0 Å². The van der Waals surface area contributed by atoms with Crippen LogP contribution in [0, 0.1) is 0 Å². The lowest BCUT2D eigenvalue weighted by Gasteiger charge is -2.40. The molecule has 0 aromatic carbocycles. The number of ketones is 1. The molecule has 4 nitrogen and oxygen atoms in total. The third-order valence-corrected chi connectivity index (χ3v) is 10.7. The number of rotatable bonds is 11. The quantitative estimate of drug-likeness (QED) is 0.518. The summed E-state index contributed by atoms with van der Waals surface area (Å²) in [4.78, 5) is 12.2. The van der Waals surface area contributed by atoms with Gasteiger partial charge in [-0.2, -0.15) is 20.2 Å². The molecule has 0 unspecified atom stereocenters. The van der Waals surface area contributed by atoms with Crippen molar-refractivity contribution in [2.24, 2.45) is 0 Å². The van der Waals surface area contributed by atoms with Crippen LogP contribution in [0.4, 0.5) is 0 Å². The highest BCUT2D eigenvalue weighted by Crippen LogP contribution is 2.53. The van der Waals surface area contributed by atoms with Gasteiger partial charge in [-0.3, -0.25) is 4.79 Å². The van der Waals surface area contributed by atoms with Crippen molar-refractivity contribution in [2.75, 3.05) is 34.5 Å². The Morgan fingerprint density at radius 2 is 1.73 bits per heavy atom. The smallest absolute Gasteiger partial charge is 0.276 e. The zero-order valence-electron chi connectivity index (χ0n) is 13.8. The zero-order chi connectivity index (χ0) is 16.5. The maximum atomic E-state index is 12.2. The van der Waals surface area contributed by atoms with Crippen LogP contribution in [0.25, 0.3) is 0 Å². The Morgan fingerprint density at radius 1 is 1.09 bits per heavy atom. The first kappa shape index (κ1) is 20.3. The predicted molar refractivity (Wildman–Crippen MR) is 98.4 cm³/mol. The van der Waals surface area contributed by atoms with E-state index in [-0.39, 0.29) is 11.5 Å². The summed E-state index contributed by atoms with van der Waals surface area (Å²) in [6.45, 7) is 4.08. The average molecular weight is 371 g/mol. The Kier molecular flexibility index (Phi) is 9.43. The molecule has 22 heavy (non-hydrogen) atoms. The van der Waals surface area contributed by atoms with E-state index in [9.17, 15) is 13.2 Å². The molecule has 1 aliphatic heterocycles. The largest absolute Gasteiger partial charge is 0.299 e. The van der Waals surface area contributed by atoms with E-state index in [0.29, 0.717) is 18.6 Å². The number of thioether (sulfide) groups is 1. The van der Waals surface area contributed by atoms with Gasteiger partial charge in [-0.05, 0) is 12.8 Å². The van der Waals surface area contributed by atoms with Gasteiger partial charge in [0.25, 0.3) is 10.1 Å². The van der Waals surface area contributed by atoms with Crippen LogP contribution in [0.3, 0.4) is 0 Å². The van der Waals surface area contributed by atoms with Gasteiger partial charge in [0.1, 0.15) is 5.78 Å². The average Bonchev–Trinajstić information content (AvgIpc) is 2.45. The lowest BCUT2D eigenvalue weighted by molar-refractivity contribution is -0.116. The molecule has 0 saturated carbocycles. The second-order valence-corrected chi connectivity index (χ2v) is 12.1. The third-order valence-electron chi connectivity index (χ3n) is 3.68. The van der Waals surface area contributed by atoms with E-state index in [1.807, 2.05) is 18.7 Å². The molecule has 0 aromatic rings. The monoisotopic (exact) mass is 370 g/mol. The molecule has 1 heterocycles. The fourth-order valence-electron chi connectivity index (χ4n) is 2.37. The SMILES string of the molecule is CCCCCC(=O)CS1(OS(=O)(=O)CCCC)CCSCC1. The highest BCUT2D eigenvalue weighted by atomic mass is 32.3. The first-order valence-electron chi connectivity index (χ1n) is 8.22. The van der Waals surface area contributed by atoms with Crippen LogP contribution in [-0.2, 0) is 18.5 Å². The number of hydrogen-bond donors (Lipinski definition) is 0. The summed E-state index contributed by atoms with van der Waals surface area (Å²) in [7, 11) is -5.28. The molecule has 7 heteroatoms. The Bertz CT molecular complexity index is 428. The second kappa shape index (κ2) is 10.2. The molecule has 0 bridgehead atoms. The summed E-state index contributed by atoms with van der Waals surface area (Å²) in [5, 5.41) is 0. The first-order chi connectivity index (χ1) is 10.4. The normalized spacial score (nSPS) is 19.7. The van der Waals surface area contributed by atoms with Gasteiger partial charge in [-0.25, -0.2) is 3.63 Å². The number of carbonyl (C=O) groups is 1. The van der Waals surface area contributed by atoms with Crippen molar-refractivity contribution >= 4 is 38.0 Å². The highest BCUT2D eigenvalue weighted by Gasteiger charge is 2.34. The van der Waals surface area contributed by atoms with Gasteiger partial charge in [0.15, 0.2) is 0 Å². The molecule has 1 saturated heterocycles. The minimum absolute atomic E-state index is 0.0788. The Balaban J connectivity index is 2.67. The minimum atomic E-state index is -3.50. The highest BCUT2D eigenvalue weighted by molar-refractivity contribution is 8.34. The topological polar surface area (TPSA) is 60.4 Å². The second-order valence-electron chi connectivity index (χ2n) is 5.81. The Hall–Kier alpha value is 0.280. The summed E-state index contributed by atoms with van der Waals surface area (Å²) in [6.07, 6.45) is 5.06. The predicted octanol–water partition coefficient (Wildman–Crippen LogP) is 3.75. The van der Waals surface area contributed by atoms with Crippen LogP contribution in [0.1, 0.15) is 52.4 Å². The summed E-state index contributed by atoms with van der Waals surface area (Å²) in [5.74, 6) is 3.88. The molecule has 0 N–H and O–H groups in total. The van der Waals surface area contributed by atoms with Crippen LogP contribution < -0.4 is 0 Å². The molecule has 0 spiro atoms. The summed E-state index contributed by atoms with van der Waals surface area (Å²) in [5.41, 5.74) is 0. The van der Waals surface area contributed by atoms with Gasteiger partial charge in [0.05, 0.1) is 11.5 Å². The van der Waals surface area contributed by atoms with E-state index >= 15 is 0 Å². The number of Topliss-reactive ketones (excluding diaryl/α,β-unsaturated/α-hetero) is 1. The minimum Gasteiger partial charge on any atom is -0.299 e. The van der Waals surface area contributed by atoms with E-state index in [1.165, 1.54) is 0 Å². The van der Waals surface area contributed by atoms with E-state index in [0.717, 1.165) is 48.7 Å². The maximum absolute atomic E-state index is 12.2. The summed E-state index contributed by atoms with van der Waals surface area (Å²) < 4.78 is 30.0. The van der Waals surface area contributed by atoms with Gasteiger partial charge >= 0.3 is 0 Å². The zero-order valence-corrected chi connectivity index (χ0v) is 16.3. The molecule has 0 amide bonds. The van der Waals surface area contributed by atoms with Crippen LogP contribution in [0.15, 0.2) is 0 Å². The third kappa shape index (κ3) is 7.70. The van der Waals surface area contributed by atoms with Gasteiger partial charge < -0.3 is 0 Å². The summed E-state index contributed by atoms with van der Waals surface area (Å²) in [6, 6.07) is 0. The fourth-order valence-corrected chi connectivity index (χ4v) is 10.6. The molecule has 0 aromatic heterocycles. The van der Waals surface area contributed by atoms with Crippen molar-refractivity contribution in [1.82, 2.24) is 0 Å². The molecule has 0 radical (unpaired) electrons. The molecule has 1 fully saturated rings. The van der Waals surface area contributed by atoms with Gasteiger partial charge in [-0.15, -0.1) is 10.3 Å². The first-order valence-corrected chi connectivity index (χ1v) is 13.0. The van der Waals surface area contributed by atoms with E-state index in [1.54, 1.807) is 0 Å². The van der Waals surface area contributed by atoms with Crippen LogP contribution in [0.2, 0.25) is 0 Å². The van der Waals surface area contributed by atoms with Crippen LogP contribution in [-0.4, -0.2) is 48.7 Å². The van der Waals surface area contributed by atoms with Gasteiger partial charge in [0, 0.05) is 29.4 Å².